The van der Waals surface area contributed by atoms with Crippen molar-refractivity contribution in [2.45, 2.75) is 32.1 Å². The molecule has 2 aliphatic rings. The van der Waals surface area contributed by atoms with E-state index in [2.05, 4.69) is 18.2 Å². The van der Waals surface area contributed by atoms with Gasteiger partial charge in [-0.25, -0.2) is 0 Å². The predicted molar refractivity (Wildman–Crippen MR) is 78.3 cm³/mol. The summed E-state index contributed by atoms with van der Waals surface area (Å²) in [6.45, 7) is 1.91. The van der Waals surface area contributed by atoms with Crippen molar-refractivity contribution in [3.05, 3.63) is 47.5 Å². The molecule has 2 heteroatoms. The normalized spacial score (nSPS) is 33.2. The van der Waals surface area contributed by atoms with Gasteiger partial charge in [-0.05, 0) is 48.7 Å². The molecule has 2 aliphatic carbocycles. The molecule has 4 atom stereocenters. The van der Waals surface area contributed by atoms with Gasteiger partial charge in [0.25, 0.3) is 0 Å². The summed E-state index contributed by atoms with van der Waals surface area (Å²) < 4.78 is 0. The van der Waals surface area contributed by atoms with Crippen molar-refractivity contribution in [2.24, 2.45) is 17.8 Å². The summed E-state index contributed by atoms with van der Waals surface area (Å²) in [7, 11) is 0. The van der Waals surface area contributed by atoms with Crippen LogP contribution in [0.2, 0.25) is 0 Å². The summed E-state index contributed by atoms with van der Waals surface area (Å²) in [6.07, 6.45) is 5.80. The highest BCUT2D eigenvalue weighted by atomic mass is 16.1. The van der Waals surface area contributed by atoms with Crippen LogP contribution in [0.5, 0.6) is 0 Å². The summed E-state index contributed by atoms with van der Waals surface area (Å²) in [5, 5.41) is 0. The third-order valence-electron chi connectivity index (χ3n) is 4.98. The standard InChI is InChI=1S/C18H20O2/c1-12-9-16-14(10-17(12)20)7-8-15(11-19)18(16)13-5-3-2-4-6-13/h2-6,9,11,14-16,18H,7-8,10H2,1H3/t14-,15-,16-,18-/m0/s1. The molecular formula is C18H20O2. The zero-order valence-corrected chi connectivity index (χ0v) is 11.8. The highest BCUT2D eigenvalue weighted by Crippen LogP contribution is 2.48. The Morgan fingerprint density at radius 1 is 1.15 bits per heavy atom. The maximum atomic E-state index is 11.9. The van der Waals surface area contributed by atoms with E-state index in [-0.39, 0.29) is 17.6 Å². The Morgan fingerprint density at radius 3 is 2.60 bits per heavy atom. The number of hydrogen-bond donors (Lipinski definition) is 0. The second-order valence-corrected chi connectivity index (χ2v) is 6.13. The van der Waals surface area contributed by atoms with E-state index in [0.29, 0.717) is 18.3 Å². The minimum absolute atomic E-state index is 0.0795. The van der Waals surface area contributed by atoms with Crippen LogP contribution in [0.15, 0.2) is 42.0 Å². The zero-order chi connectivity index (χ0) is 14.1. The number of fused-ring (bicyclic) bond motifs is 1. The molecule has 1 fully saturated rings. The second-order valence-electron chi connectivity index (χ2n) is 6.13. The van der Waals surface area contributed by atoms with Gasteiger partial charge >= 0.3 is 0 Å². The van der Waals surface area contributed by atoms with Gasteiger partial charge < -0.3 is 4.79 Å². The molecule has 0 aromatic heterocycles. The van der Waals surface area contributed by atoms with Crippen LogP contribution in [0.25, 0.3) is 0 Å². The Balaban J connectivity index is 2.02. The molecule has 0 spiro atoms. The van der Waals surface area contributed by atoms with Crippen LogP contribution in [0, 0.1) is 17.8 Å². The van der Waals surface area contributed by atoms with Crippen molar-refractivity contribution in [1.82, 2.24) is 0 Å². The Hall–Kier alpha value is -1.70. The van der Waals surface area contributed by atoms with Crippen molar-refractivity contribution >= 4 is 12.1 Å². The molecule has 20 heavy (non-hydrogen) atoms. The van der Waals surface area contributed by atoms with Gasteiger partial charge in [0, 0.05) is 12.3 Å². The molecule has 0 amide bonds. The monoisotopic (exact) mass is 268 g/mol. The van der Waals surface area contributed by atoms with Crippen LogP contribution in [0.4, 0.5) is 0 Å². The van der Waals surface area contributed by atoms with Crippen molar-refractivity contribution in [3.63, 3.8) is 0 Å². The molecule has 0 saturated heterocycles. The first-order valence-electron chi connectivity index (χ1n) is 7.42. The first-order chi connectivity index (χ1) is 9.70. The van der Waals surface area contributed by atoms with Gasteiger partial charge in [-0.3, -0.25) is 4.79 Å². The maximum Gasteiger partial charge on any atom is 0.158 e. The lowest BCUT2D eigenvalue weighted by atomic mass is 9.61. The van der Waals surface area contributed by atoms with Crippen molar-refractivity contribution < 1.29 is 9.59 Å². The smallest absolute Gasteiger partial charge is 0.158 e. The third kappa shape index (κ3) is 2.24. The fourth-order valence-electron chi connectivity index (χ4n) is 3.91. The molecule has 0 aliphatic heterocycles. The second kappa shape index (κ2) is 5.35. The van der Waals surface area contributed by atoms with E-state index >= 15 is 0 Å². The SMILES string of the molecule is CC1=C[C@H]2[C@@H](CC[C@@H](C=O)[C@@H]2c2ccccc2)CC1=O. The number of allylic oxidation sites excluding steroid dienone is 2. The summed E-state index contributed by atoms with van der Waals surface area (Å²) in [5.74, 6) is 1.33. The molecule has 0 radical (unpaired) electrons. The number of benzene rings is 1. The Morgan fingerprint density at radius 2 is 1.90 bits per heavy atom. The number of aldehydes is 1. The van der Waals surface area contributed by atoms with E-state index in [1.807, 2.05) is 25.1 Å². The lowest BCUT2D eigenvalue weighted by Crippen LogP contribution is -2.36. The fraction of sp³-hybridized carbons (Fsp3) is 0.444. The molecule has 0 bridgehead atoms. The van der Waals surface area contributed by atoms with Gasteiger partial charge in [0.2, 0.25) is 0 Å². The number of ketones is 1. The molecule has 3 rings (SSSR count). The zero-order valence-electron chi connectivity index (χ0n) is 11.8. The molecule has 104 valence electrons. The minimum Gasteiger partial charge on any atom is -0.303 e. The first-order valence-corrected chi connectivity index (χ1v) is 7.42. The summed E-state index contributed by atoms with van der Waals surface area (Å²) in [6, 6.07) is 10.3. The number of carbonyl (C=O) groups excluding carboxylic acids is 2. The topological polar surface area (TPSA) is 34.1 Å². The molecule has 1 aromatic rings. The van der Waals surface area contributed by atoms with Crippen LogP contribution in [0.3, 0.4) is 0 Å². The predicted octanol–water partition coefficient (Wildman–Crippen LogP) is 3.53. The molecule has 0 unspecified atom stereocenters. The number of rotatable bonds is 2. The van der Waals surface area contributed by atoms with Crippen LogP contribution in [-0.2, 0) is 9.59 Å². The van der Waals surface area contributed by atoms with Crippen molar-refractivity contribution in [3.8, 4) is 0 Å². The van der Waals surface area contributed by atoms with E-state index in [9.17, 15) is 9.59 Å². The first kappa shape index (κ1) is 13.3. The number of Topliss-reactive ketones (excluding diaryl/α,β-unsaturated/α-hetero) is 1. The van der Waals surface area contributed by atoms with Gasteiger partial charge in [0.1, 0.15) is 6.29 Å². The maximum absolute atomic E-state index is 11.9. The average Bonchev–Trinajstić information content (AvgIpc) is 2.48. The lowest BCUT2D eigenvalue weighted by Gasteiger charge is -2.42. The summed E-state index contributed by atoms with van der Waals surface area (Å²) in [4.78, 5) is 23.4. The quantitative estimate of drug-likeness (QED) is 0.769. The molecular weight excluding hydrogens is 248 g/mol. The van der Waals surface area contributed by atoms with Crippen LogP contribution in [-0.4, -0.2) is 12.1 Å². The Bertz CT molecular complexity index is 544. The summed E-state index contributed by atoms with van der Waals surface area (Å²) in [5.41, 5.74) is 2.11. The molecule has 2 nitrogen and oxygen atoms in total. The van der Waals surface area contributed by atoms with Crippen molar-refractivity contribution in [1.29, 1.82) is 0 Å². The van der Waals surface area contributed by atoms with Gasteiger partial charge in [0.05, 0.1) is 0 Å². The minimum atomic E-state index is 0.0795. The fourth-order valence-corrected chi connectivity index (χ4v) is 3.91. The number of carbonyl (C=O) groups is 2. The van der Waals surface area contributed by atoms with E-state index in [0.717, 1.165) is 24.7 Å². The van der Waals surface area contributed by atoms with Crippen LogP contribution < -0.4 is 0 Å². The van der Waals surface area contributed by atoms with E-state index in [4.69, 9.17) is 0 Å². The number of hydrogen-bond acceptors (Lipinski definition) is 2. The lowest BCUT2D eigenvalue weighted by molar-refractivity contribution is -0.118. The average molecular weight is 268 g/mol. The van der Waals surface area contributed by atoms with Crippen LogP contribution >= 0.6 is 0 Å². The van der Waals surface area contributed by atoms with E-state index in [1.54, 1.807) is 0 Å². The van der Waals surface area contributed by atoms with Gasteiger partial charge in [0.15, 0.2) is 5.78 Å². The van der Waals surface area contributed by atoms with E-state index < -0.39 is 0 Å². The largest absolute Gasteiger partial charge is 0.303 e. The van der Waals surface area contributed by atoms with Crippen molar-refractivity contribution in [2.75, 3.05) is 0 Å². The van der Waals surface area contributed by atoms with E-state index in [1.165, 1.54) is 5.56 Å². The molecule has 1 aromatic carbocycles. The van der Waals surface area contributed by atoms with Gasteiger partial charge in [-0.15, -0.1) is 0 Å². The van der Waals surface area contributed by atoms with Gasteiger partial charge in [-0.2, -0.15) is 0 Å². The molecule has 0 N–H and O–H groups in total. The Labute approximate surface area is 119 Å². The highest BCUT2D eigenvalue weighted by Gasteiger charge is 2.41. The summed E-state index contributed by atoms with van der Waals surface area (Å²) >= 11 is 0. The van der Waals surface area contributed by atoms with Crippen LogP contribution in [0.1, 0.15) is 37.7 Å². The Kier molecular flexibility index (Phi) is 3.56. The van der Waals surface area contributed by atoms with Gasteiger partial charge in [-0.1, -0.05) is 36.4 Å². The molecule has 1 saturated carbocycles. The third-order valence-corrected chi connectivity index (χ3v) is 4.98. The molecule has 0 heterocycles. The highest BCUT2D eigenvalue weighted by molar-refractivity contribution is 5.95.